The van der Waals surface area contributed by atoms with Gasteiger partial charge in [0.05, 0.1) is 12.1 Å². The molecule has 0 bridgehead atoms. The number of aliphatic carboxylic acids is 1. The molecule has 0 unspecified atom stereocenters. The predicted molar refractivity (Wildman–Crippen MR) is 60.9 cm³/mol. The van der Waals surface area contributed by atoms with Crippen molar-refractivity contribution in [3.63, 3.8) is 0 Å². The van der Waals surface area contributed by atoms with Gasteiger partial charge >= 0.3 is 5.97 Å². The van der Waals surface area contributed by atoms with Crippen molar-refractivity contribution in [1.29, 1.82) is 0 Å². The molecule has 0 amide bonds. The Kier molecular flexibility index (Phi) is 4.79. The van der Waals surface area contributed by atoms with Gasteiger partial charge in [-0.1, -0.05) is 15.9 Å². The average molecular weight is 359 g/mol. The van der Waals surface area contributed by atoms with Gasteiger partial charge in [0.15, 0.2) is 0 Å². The lowest BCUT2D eigenvalue weighted by Crippen LogP contribution is -2.08. The Balaban J connectivity index is 3.22. The number of carbonyl (C=O) groups is 1. The molecular weight excluding hydrogens is 352 g/mol. The van der Waals surface area contributed by atoms with Gasteiger partial charge in [0.2, 0.25) is 0 Å². The third-order valence-electron chi connectivity index (χ3n) is 1.84. The fourth-order valence-corrected chi connectivity index (χ4v) is 2.17. The van der Waals surface area contributed by atoms with Gasteiger partial charge < -0.3 is 5.11 Å². The minimum absolute atomic E-state index is 0.155. The van der Waals surface area contributed by atoms with E-state index in [1.54, 1.807) is 0 Å². The molecule has 1 aromatic heterocycles. The zero-order valence-corrected chi connectivity index (χ0v) is 11.1. The van der Waals surface area contributed by atoms with Crippen LogP contribution in [0.2, 0.25) is 0 Å². The number of carboxylic acids is 1. The summed E-state index contributed by atoms with van der Waals surface area (Å²) in [6.07, 6.45) is -3.10. The maximum absolute atomic E-state index is 12.5. The molecule has 0 saturated heterocycles. The maximum Gasteiger partial charge on any atom is 0.309 e. The first-order chi connectivity index (χ1) is 7.45. The highest BCUT2D eigenvalue weighted by Crippen LogP contribution is 2.28. The number of pyridine rings is 1. The molecule has 0 atom stereocenters. The van der Waals surface area contributed by atoms with Crippen LogP contribution in [-0.2, 0) is 16.5 Å². The van der Waals surface area contributed by atoms with E-state index in [1.807, 2.05) is 0 Å². The molecule has 0 radical (unpaired) electrons. The van der Waals surface area contributed by atoms with E-state index in [9.17, 15) is 13.6 Å². The zero-order chi connectivity index (χ0) is 12.3. The molecule has 1 aromatic rings. The summed E-state index contributed by atoms with van der Waals surface area (Å²) in [6.45, 7) is 0. The van der Waals surface area contributed by atoms with Crippen molar-refractivity contribution in [3.8, 4) is 0 Å². The van der Waals surface area contributed by atoms with Crippen LogP contribution in [0.5, 0.6) is 0 Å². The summed E-state index contributed by atoms with van der Waals surface area (Å²) >= 11 is 6.13. The van der Waals surface area contributed by atoms with E-state index in [4.69, 9.17) is 5.11 Å². The van der Waals surface area contributed by atoms with Crippen LogP contribution >= 0.6 is 31.9 Å². The van der Waals surface area contributed by atoms with Crippen molar-refractivity contribution in [3.05, 3.63) is 27.5 Å². The van der Waals surface area contributed by atoms with Crippen LogP contribution in [0.3, 0.4) is 0 Å². The van der Waals surface area contributed by atoms with Gasteiger partial charge in [-0.25, -0.2) is 13.8 Å². The SMILES string of the molecule is O=C(O)Cc1nc(C(F)F)c(Br)cc1CBr. The Labute approximate surface area is 107 Å². The van der Waals surface area contributed by atoms with Crippen LogP contribution in [0.4, 0.5) is 8.78 Å². The normalized spacial score (nSPS) is 10.8. The van der Waals surface area contributed by atoms with E-state index in [0.29, 0.717) is 10.9 Å². The average Bonchev–Trinajstić information content (AvgIpc) is 2.18. The molecule has 0 spiro atoms. The first kappa shape index (κ1) is 13.5. The summed E-state index contributed by atoms with van der Waals surface area (Å²) < 4.78 is 25.2. The van der Waals surface area contributed by atoms with Crippen molar-refractivity contribution in [1.82, 2.24) is 4.98 Å². The molecular formula is C9H7Br2F2NO2. The second kappa shape index (κ2) is 5.67. The Hall–Kier alpha value is -0.560. The standard InChI is InChI=1S/C9H7Br2F2NO2/c10-3-4-1-5(11)8(9(12)13)14-6(4)2-7(15)16/h1,9H,2-3H2,(H,15,16). The predicted octanol–water partition coefficient (Wildman–Crippen LogP) is 3.30. The summed E-state index contributed by atoms with van der Waals surface area (Å²) in [7, 11) is 0. The summed E-state index contributed by atoms with van der Waals surface area (Å²) in [5.74, 6) is -1.10. The van der Waals surface area contributed by atoms with E-state index in [2.05, 4.69) is 36.8 Å². The van der Waals surface area contributed by atoms with Crippen molar-refractivity contribution in [2.75, 3.05) is 0 Å². The van der Waals surface area contributed by atoms with E-state index in [-0.39, 0.29) is 16.6 Å². The largest absolute Gasteiger partial charge is 0.481 e. The molecule has 0 saturated carbocycles. The second-order valence-electron chi connectivity index (χ2n) is 2.97. The number of alkyl halides is 3. The first-order valence-corrected chi connectivity index (χ1v) is 6.11. The minimum Gasteiger partial charge on any atom is -0.481 e. The molecule has 16 heavy (non-hydrogen) atoms. The Morgan fingerprint density at radius 2 is 2.19 bits per heavy atom. The number of hydrogen-bond acceptors (Lipinski definition) is 2. The van der Waals surface area contributed by atoms with E-state index >= 15 is 0 Å². The summed E-state index contributed by atoms with van der Waals surface area (Å²) in [5.41, 5.74) is 0.308. The quantitative estimate of drug-likeness (QED) is 0.840. The lowest BCUT2D eigenvalue weighted by atomic mass is 10.1. The van der Waals surface area contributed by atoms with Gasteiger partial charge in [-0.3, -0.25) is 4.79 Å². The Bertz CT molecular complexity index is 413. The van der Waals surface area contributed by atoms with Crippen LogP contribution in [0, 0.1) is 0 Å². The van der Waals surface area contributed by atoms with Crippen molar-refractivity contribution in [2.24, 2.45) is 0 Å². The molecule has 1 N–H and O–H groups in total. The molecule has 0 aliphatic heterocycles. The molecule has 0 aromatic carbocycles. The molecule has 0 fully saturated rings. The van der Waals surface area contributed by atoms with Crippen LogP contribution in [0.25, 0.3) is 0 Å². The number of nitrogens with zero attached hydrogens (tertiary/aromatic N) is 1. The van der Waals surface area contributed by atoms with Crippen molar-refractivity contribution < 1.29 is 18.7 Å². The zero-order valence-electron chi connectivity index (χ0n) is 7.88. The number of halogens is 4. The lowest BCUT2D eigenvalue weighted by molar-refractivity contribution is -0.136. The van der Waals surface area contributed by atoms with E-state index in [0.717, 1.165) is 0 Å². The molecule has 1 heterocycles. The highest BCUT2D eigenvalue weighted by Gasteiger charge is 2.18. The Morgan fingerprint density at radius 1 is 1.56 bits per heavy atom. The summed E-state index contributed by atoms with van der Waals surface area (Å²) in [6, 6.07) is 1.46. The molecule has 0 aliphatic rings. The Morgan fingerprint density at radius 3 is 2.62 bits per heavy atom. The smallest absolute Gasteiger partial charge is 0.309 e. The van der Waals surface area contributed by atoms with Gasteiger partial charge in [0.25, 0.3) is 6.43 Å². The van der Waals surface area contributed by atoms with Crippen molar-refractivity contribution >= 4 is 37.8 Å². The fourth-order valence-electron chi connectivity index (χ4n) is 1.15. The first-order valence-electron chi connectivity index (χ1n) is 4.19. The summed E-state index contributed by atoms with van der Waals surface area (Å²) in [5, 5.41) is 9.00. The second-order valence-corrected chi connectivity index (χ2v) is 4.38. The van der Waals surface area contributed by atoms with Crippen molar-refractivity contribution in [2.45, 2.75) is 18.2 Å². The minimum atomic E-state index is -2.73. The molecule has 0 aliphatic carbocycles. The van der Waals surface area contributed by atoms with Gasteiger partial charge in [0, 0.05) is 9.80 Å². The van der Waals surface area contributed by atoms with Crippen LogP contribution in [-0.4, -0.2) is 16.1 Å². The van der Waals surface area contributed by atoms with Gasteiger partial charge in [-0.05, 0) is 27.6 Å². The molecule has 3 nitrogen and oxygen atoms in total. The lowest BCUT2D eigenvalue weighted by Gasteiger charge is -2.09. The molecule has 88 valence electrons. The monoisotopic (exact) mass is 357 g/mol. The van der Waals surface area contributed by atoms with Crippen LogP contribution in [0.15, 0.2) is 10.5 Å². The van der Waals surface area contributed by atoms with Crippen LogP contribution in [0.1, 0.15) is 23.4 Å². The number of rotatable bonds is 4. The number of carboxylic acid groups (broad SMARTS) is 1. The highest BCUT2D eigenvalue weighted by atomic mass is 79.9. The van der Waals surface area contributed by atoms with E-state index in [1.165, 1.54) is 6.07 Å². The number of aromatic nitrogens is 1. The van der Waals surface area contributed by atoms with E-state index < -0.39 is 18.1 Å². The third-order valence-corrected chi connectivity index (χ3v) is 3.08. The maximum atomic E-state index is 12.5. The highest BCUT2D eigenvalue weighted by molar-refractivity contribution is 9.10. The van der Waals surface area contributed by atoms with Gasteiger partial charge in [-0.2, -0.15) is 0 Å². The third kappa shape index (κ3) is 3.21. The topological polar surface area (TPSA) is 50.2 Å². The molecule has 1 rings (SSSR count). The molecule has 7 heteroatoms. The number of hydrogen-bond donors (Lipinski definition) is 1. The fraction of sp³-hybridized carbons (Fsp3) is 0.333. The van der Waals surface area contributed by atoms with Gasteiger partial charge in [0.1, 0.15) is 5.69 Å². The summed E-state index contributed by atoms with van der Waals surface area (Å²) in [4.78, 5) is 14.2. The van der Waals surface area contributed by atoms with Gasteiger partial charge in [-0.15, -0.1) is 0 Å². The van der Waals surface area contributed by atoms with Crippen LogP contribution < -0.4 is 0 Å².